The summed E-state index contributed by atoms with van der Waals surface area (Å²) in [5, 5.41) is 5.78. The van der Waals surface area contributed by atoms with Gasteiger partial charge in [0.25, 0.3) is 0 Å². The molecule has 0 bridgehead atoms. The Hall–Kier alpha value is -2.40. The van der Waals surface area contributed by atoms with Gasteiger partial charge >= 0.3 is 0 Å². The lowest BCUT2D eigenvalue weighted by atomic mass is 10.0. The molecule has 3 aromatic rings. The van der Waals surface area contributed by atoms with Crippen LogP contribution in [0.15, 0.2) is 35.7 Å². The predicted molar refractivity (Wildman–Crippen MR) is 97.8 cm³/mol. The number of H-pyrrole nitrogens is 1. The van der Waals surface area contributed by atoms with Crippen LogP contribution < -0.4 is 5.32 Å². The molecule has 3 nitrogen and oxygen atoms in total. The van der Waals surface area contributed by atoms with Crippen molar-refractivity contribution in [3.05, 3.63) is 63.2 Å². The molecule has 0 spiro atoms. The summed E-state index contributed by atoms with van der Waals surface area (Å²) in [6.07, 6.45) is 4.00. The van der Waals surface area contributed by atoms with E-state index in [2.05, 4.69) is 10.3 Å². The predicted octanol–water partition coefficient (Wildman–Crippen LogP) is 4.36. The van der Waals surface area contributed by atoms with E-state index in [1.54, 1.807) is 29.6 Å². The van der Waals surface area contributed by atoms with Gasteiger partial charge in [-0.2, -0.15) is 0 Å². The van der Waals surface area contributed by atoms with E-state index in [0.29, 0.717) is 18.5 Å². The summed E-state index contributed by atoms with van der Waals surface area (Å²) in [6.45, 7) is 4.42. The highest BCUT2D eigenvalue weighted by Crippen LogP contribution is 2.27. The first kappa shape index (κ1) is 16.5. The summed E-state index contributed by atoms with van der Waals surface area (Å²) >= 11 is 1.59. The van der Waals surface area contributed by atoms with Gasteiger partial charge in [0.2, 0.25) is 5.91 Å². The largest absolute Gasteiger partial charge is 0.356 e. The van der Waals surface area contributed by atoms with Crippen molar-refractivity contribution in [3.8, 4) is 0 Å². The molecular weight excluding hydrogens is 323 g/mol. The standard InChI is InChI=1S/C19H19FN2OS/c1-12-5-7-16(20)19-18(12)15(13(2)22-19)9-10-21-17(23)8-6-14-4-3-11-24-14/h3-8,11,22H,9-10H2,1-2H3,(H,21,23)/b8-6+. The molecule has 5 heteroatoms. The van der Waals surface area contributed by atoms with Crippen LogP contribution in [0, 0.1) is 19.7 Å². The first-order valence-electron chi connectivity index (χ1n) is 7.82. The van der Waals surface area contributed by atoms with E-state index < -0.39 is 0 Å². The summed E-state index contributed by atoms with van der Waals surface area (Å²) in [5.41, 5.74) is 3.59. The van der Waals surface area contributed by atoms with Gasteiger partial charge in [-0.15, -0.1) is 11.3 Å². The highest BCUT2D eigenvalue weighted by Gasteiger charge is 2.13. The summed E-state index contributed by atoms with van der Waals surface area (Å²) in [5.74, 6) is -0.364. The van der Waals surface area contributed by atoms with E-state index in [9.17, 15) is 9.18 Å². The molecule has 1 aromatic carbocycles. The fraction of sp³-hybridized carbons (Fsp3) is 0.211. The Morgan fingerprint density at radius 3 is 2.92 bits per heavy atom. The smallest absolute Gasteiger partial charge is 0.244 e. The lowest BCUT2D eigenvalue weighted by Crippen LogP contribution is -2.23. The zero-order valence-electron chi connectivity index (χ0n) is 13.7. The number of benzene rings is 1. The molecule has 0 atom stereocenters. The van der Waals surface area contributed by atoms with E-state index in [0.717, 1.165) is 27.1 Å². The van der Waals surface area contributed by atoms with Gasteiger partial charge < -0.3 is 10.3 Å². The molecule has 3 rings (SSSR count). The number of nitrogens with one attached hydrogen (secondary N) is 2. The van der Waals surface area contributed by atoms with Gasteiger partial charge in [-0.1, -0.05) is 12.1 Å². The molecule has 2 aromatic heterocycles. The van der Waals surface area contributed by atoms with Crippen LogP contribution >= 0.6 is 11.3 Å². The Balaban J connectivity index is 1.67. The number of rotatable bonds is 5. The van der Waals surface area contributed by atoms with E-state index in [4.69, 9.17) is 0 Å². The monoisotopic (exact) mass is 342 g/mol. The van der Waals surface area contributed by atoms with E-state index in [-0.39, 0.29) is 11.7 Å². The number of aromatic amines is 1. The third-order valence-corrected chi connectivity index (χ3v) is 4.88. The van der Waals surface area contributed by atoms with E-state index in [1.165, 1.54) is 6.07 Å². The first-order valence-corrected chi connectivity index (χ1v) is 8.70. The van der Waals surface area contributed by atoms with E-state index in [1.807, 2.05) is 31.4 Å². The number of carbonyl (C=O) groups is 1. The zero-order valence-corrected chi connectivity index (χ0v) is 14.5. The Kier molecular flexibility index (Phi) is 4.81. The fourth-order valence-electron chi connectivity index (χ4n) is 2.87. The summed E-state index contributed by atoms with van der Waals surface area (Å²) < 4.78 is 13.9. The van der Waals surface area contributed by atoms with Crippen LogP contribution in [0.2, 0.25) is 0 Å². The summed E-state index contributed by atoms with van der Waals surface area (Å²) in [6, 6.07) is 7.18. The maximum atomic E-state index is 13.9. The van der Waals surface area contributed by atoms with Gasteiger partial charge in [0.1, 0.15) is 5.82 Å². The van der Waals surface area contributed by atoms with Crippen LogP contribution in [0.5, 0.6) is 0 Å². The number of thiophene rings is 1. The Morgan fingerprint density at radius 2 is 2.17 bits per heavy atom. The lowest BCUT2D eigenvalue weighted by molar-refractivity contribution is -0.116. The molecule has 0 aliphatic heterocycles. The third kappa shape index (κ3) is 3.41. The molecule has 2 N–H and O–H groups in total. The molecule has 0 saturated heterocycles. The minimum atomic E-state index is -0.243. The number of carbonyl (C=O) groups excluding carboxylic acids is 1. The Bertz CT molecular complexity index is 894. The second-order valence-corrected chi connectivity index (χ2v) is 6.71. The van der Waals surface area contributed by atoms with Crippen LogP contribution in [-0.4, -0.2) is 17.4 Å². The summed E-state index contributed by atoms with van der Waals surface area (Å²) in [4.78, 5) is 16.0. The average Bonchev–Trinajstić information content (AvgIpc) is 3.18. The molecule has 0 aliphatic carbocycles. The SMILES string of the molecule is Cc1[nH]c2c(F)ccc(C)c2c1CCNC(=O)/C=C/c1cccs1. The maximum absolute atomic E-state index is 13.9. The van der Waals surface area contributed by atoms with Crippen molar-refractivity contribution in [1.82, 2.24) is 10.3 Å². The van der Waals surface area contributed by atoms with Crippen molar-refractivity contribution >= 4 is 34.2 Å². The van der Waals surface area contributed by atoms with Gasteiger partial charge in [0, 0.05) is 28.6 Å². The third-order valence-electron chi connectivity index (χ3n) is 4.05. The number of hydrogen-bond acceptors (Lipinski definition) is 2. The molecule has 124 valence electrons. The molecule has 0 saturated carbocycles. The van der Waals surface area contributed by atoms with Gasteiger partial charge in [-0.05, 0) is 55.0 Å². The highest BCUT2D eigenvalue weighted by molar-refractivity contribution is 7.10. The number of aromatic nitrogens is 1. The average molecular weight is 342 g/mol. The van der Waals surface area contributed by atoms with Crippen LogP contribution in [0.1, 0.15) is 21.7 Å². The van der Waals surface area contributed by atoms with Crippen LogP contribution in [0.3, 0.4) is 0 Å². The van der Waals surface area contributed by atoms with Crippen molar-refractivity contribution in [2.75, 3.05) is 6.54 Å². The number of amides is 1. The Morgan fingerprint density at radius 1 is 1.33 bits per heavy atom. The second kappa shape index (κ2) is 7.01. The lowest BCUT2D eigenvalue weighted by Gasteiger charge is -2.05. The first-order chi connectivity index (χ1) is 11.6. The molecule has 2 heterocycles. The topological polar surface area (TPSA) is 44.9 Å². The van der Waals surface area contributed by atoms with Crippen molar-refractivity contribution in [2.45, 2.75) is 20.3 Å². The van der Waals surface area contributed by atoms with Crippen LogP contribution in [0.4, 0.5) is 4.39 Å². The molecule has 0 radical (unpaired) electrons. The molecule has 0 aliphatic rings. The van der Waals surface area contributed by atoms with Gasteiger partial charge in [0.05, 0.1) is 5.52 Å². The van der Waals surface area contributed by atoms with Crippen LogP contribution in [0.25, 0.3) is 17.0 Å². The van der Waals surface area contributed by atoms with Crippen molar-refractivity contribution in [2.24, 2.45) is 0 Å². The number of halogens is 1. The number of hydrogen-bond donors (Lipinski definition) is 2. The van der Waals surface area contributed by atoms with Gasteiger partial charge in [0.15, 0.2) is 0 Å². The highest BCUT2D eigenvalue weighted by atomic mass is 32.1. The molecular formula is C19H19FN2OS. The van der Waals surface area contributed by atoms with Crippen molar-refractivity contribution in [3.63, 3.8) is 0 Å². The summed E-state index contributed by atoms with van der Waals surface area (Å²) in [7, 11) is 0. The zero-order chi connectivity index (χ0) is 17.1. The number of fused-ring (bicyclic) bond motifs is 1. The van der Waals surface area contributed by atoms with Gasteiger partial charge in [-0.25, -0.2) is 4.39 Å². The molecule has 24 heavy (non-hydrogen) atoms. The minimum absolute atomic E-state index is 0.121. The van der Waals surface area contributed by atoms with Crippen molar-refractivity contribution in [1.29, 1.82) is 0 Å². The molecule has 1 amide bonds. The quantitative estimate of drug-likeness (QED) is 0.665. The minimum Gasteiger partial charge on any atom is -0.356 e. The fourth-order valence-corrected chi connectivity index (χ4v) is 3.49. The van der Waals surface area contributed by atoms with Gasteiger partial charge in [-0.3, -0.25) is 4.79 Å². The Labute approximate surface area is 144 Å². The second-order valence-electron chi connectivity index (χ2n) is 5.73. The van der Waals surface area contributed by atoms with Crippen molar-refractivity contribution < 1.29 is 9.18 Å². The molecule has 0 fully saturated rings. The maximum Gasteiger partial charge on any atom is 0.244 e. The normalized spacial score (nSPS) is 11.5. The number of aryl methyl sites for hydroxylation is 2. The molecule has 0 unspecified atom stereocenters. The van der Waals surface area contributed by atoms with E-state index >= 15 is 0 Å². The van der Waals surface area contributed by atoms with Crippen LogP contribution in [-0.2, 0) is 11.2 Å².